The molecule has 2 aliphatic carbocycles. The van der Waals surface area contributed by atoms with E-state index in [4.69, 9.17) is 0 Å². The van der Waals surface area contributed by atoms with Gasteiger partial charge < -0.3 is 38.5 Å². The molecule has 14 aromatic rings. The molecule has 22 rings (SSSR count). The van der Waals surface area contributed by atoms with Crippen molar-refractivity contribution in [3.8, 4) is 22.3 Å². The molecule has 8 nitrogen and oxygen atoms in total. The fourth-order valence-corrected chi connectivity index (χ4v) is 26.1. The number of hydrogen-bond acceptors (Lipinski definition) is 8. The summed E-state index contributed by atoms with van der Waals surface area (Å²) in [4.78, 5) is 14.4. The first-order valence-electron chi connectivity index (χ1n) is 33.9. The number of rotatable bonds is 6. The summed E-state index contributed by atoms with van der Waals surface area (Å²) in [5, 5.41) is 6.53. The van der Waals surface area contributed by atoms with Crippen LogP contribution in [0.2, 0.25) is 0 Å². The van der Waals surface area contributed by atoms with Gasteiger partial charge in [0.2, 0.25) is 0 Å². The molecule has 0 aromatic heterocycles. The van der Waals surface area contributed by atoms with Crippen LogP contribution < -0.4 is 61.2 Å². The second-order valence-corrected chi connectivity index (χ2v) is 33.4. The molecule has 0 bridgehead atoms. The molecule has 10 heteroatoms. The zero-order valence-electron chi connectivity index (χ0n) is 54.1. The van der Waals surface area contributed by atoms with Crippen LogP contribution in [0.3, 0.4) is 0 Å². The third-order valence-corrected chi connectivity index (χ3v) is 29.2. The first-order chi connectivity index (χ1) is 48.0. The van der Waals surface area contributed by atoms with E-state index in [1.165, 1.54) is 44.5 Å². The standard InChI is InChI=1S/C88H60N6O2P2/c1-87(2)65-35-19-17-33-59(65)61-47-45-57(49-67(61)87)91-73-41-21-37-69-81(73)97(95)83-71(89(69)53-25-9-5-10-26-53)39-23-43-75(83)93(55-29-13-7-14-30-55)79-64-52-78-86-80(63(64)51-77(91)85(79)97)94(56-31-15-8-16-32-56)76-44-24-40-72-84(76)98(86,96)82-70(90(72)54-27-11-6-12-28-54)38-22-42-74(82)92(78)58-46-48-62-60-34-18-20-36-66(60)88(3,4)68(62)50-58/h5-52H,1-4H3. The van der Waals surface area contributed by atoms with E-state index in [9.17, 15) is 0 Å². The highest BCUT2D eigenvalue weighted by Gasteiger charge is 2.59. The van der Waals surface area contributed by atoms with Crippen molar-refractivity contribution in [1.29, 1.82) is 0 Å². The van der Waals surface area contributed by atoms with Gasteiger partial charge in [-0.2, -0.15) is 0 Å². The average molecular weight is 1300 g/mol. The predicted octanol–water partition coefficient (Wildman–Crippen LogP) is 21.4. The zero-order chi connectivity index (χ0) is 65.0. The molecule has 2 atom stereocenters. The molecule has 464 valence electrons. The van der Waals surface area contributed by atoms with E-state index in [-0.39, 0.29) is 10.8 Å². The minimum absolute atomic E-state index is 0.332. The van der Waals surface area contributed by atoms with Crippen molar-refractivity contribution in [1.82, 2.24) is 0 Å². The maximum absolute atomic E-state index is 19.0. The lowest BCUT2D eigenvalue weighted by atomic mass is 9.82. The second-order valence-electron chi connectivity index (χ2n) is 28.2. The molecule has 0 saturated heterocycles. The third-order valence-electron chi connectivity index (χ3n) is 22.7. The predicted molar refractivity (Wildman–Crippen MR) is 407 cm³/mol. The van der Waals surface area contributed by atoms with E-state index >= 15 is 9.13 Å². The van der Waals surface area contributed by atoms with Gasteiger partial charge >= 0.3 is 0 Å². The van der Waals surface area contributed by atoms with Crippen LogP contribution in [-0.2, 0) is 20.0 Å². The smallest absolute Gasteiger partial charge is 0.183 e. The van der Waals surface area contributed by atoms with E-state index in [1.807, 2.05) is 0 Å². The Labute approximate surface area is 568 Å². The lowest BCUT2D eigenvalue weighted by molar-refractivity contribution is 0.591. The molecular weight excluding hydrogens is 1230 g/mol. The number of fused-ring (bicyclic) bond motifs is 9. The third kappa shape index (κ3) is 6.54. The minimum Gasteiger partial charge on any atom is -0.309 e. The highest BCUT2D eigenvalue weighted by Crippen LogP contribution is 2.72. The number of hydrogen-bond donors (Lipinski definition) is 0. The van der Waals surface area contributed by atoms with Crippen LogP contribution in [0.5, 0.6) is 0 Å². The molecule has 6 aliphatic heterocycles. The van der Waals surface area contributed by atoms with Crippen molar-refractivity contribution in [2.45, 2.75) is 38.5 Å². The normalized spacial score (nSPS) is 18.4. The van der Waals surface area contributed by atoms with Crippen molar-refractivity contribution in [3.05, 3.63) is 313 Å². The van der Waals surface area contributed by atoms with Crippen LogP contribution >= 0.6 is 14.3 Å². The Morgan fingerprint density at radius 1 is 0.224 bits per heavy atom. The van der Waals surface area contributed by atoms with Crippen molar-refractivity contribution in [3.63, 3.8) is 0 Å². The zero-order valence-corrected chi connectivity index (χ0v) is 55.9. The largest absolute Gasteiger partial charge is 0.309 e. The van der Waals surface area contributed by atoms with E-state index in [0.29, 0.717) is 0 Å². The van der Waals surface area contributed by atoms with Gasteiger partial charge in [-0.05, 0) is 178 Å². The lowest BCUT2D eigenvalue weighted by Crippen LogP contribution is -2.49. The Bertz CT molecular complexity index is 5700. The van der Waals surface area contributed by atoms with Crippen LogP contribution in [0, 0.1) is 0 Å². The van der Waals surface area contributed by atoms with E-state index < -0.39 is 14.3 Å². The monoisotopic (exact) mass is 1290 g/mol. The first-order valence-corrected chi connectivity index (χ1v) is 37.3. The van der Waals surface area contributed by atoms with Gasteiger partial charge in [-0.25, -0.2) is 0 Å². The lowest BCUT2D eigenvalue weighted by Gasteiger charge is -2.51. The summed E-state index contributed by atoms with van der Waals surface area (Å²) < 4.78 is 38.0. The molecule has 2 unspecified atom stereocenters. The summed E-state index contributed by atoms with van der Waals surface area (Å²) in [5.74, 6) is 0. The fraction of sp³-hybridized carbons (Fsp3) is 0.0682. The Kier molecular flexibility index (Phi) is 10.5. The van der Waals surface area contributed by atoms with Crippen molar-refractivity contribution in [2.75, 3.05) is 29.4 Å². The van der Waals surface area contributed by atoms with Gasteiger partial charge in [0.25, 0.3) is 0 Å². The number of anilines is 18. The summed E-state index contributed by atoms with van der Waals surface area (Å²) in [6.07, 6.45) is 0. The quantitative estimate of drug-likeness (QED) is 0.153. The van der Waals surface area contributed by atoms with E-state index in [2.05, 4.69) is 348 Å². The van der Waals surface area contributed by atoms with Gasteiger partial charge in [-0.15, -0.1) is 0 Å². The van der Waals surface area contributed by atoms with Crippen LogP contribution in [0.15, 0.2) is 291 Å². The van der Waals surface area contributed by atoms with E-state index in [1.54, 1.807) is 0 Å². The van der Waals surface area contributed by atoms with Crippen LogP contribution in [0.4, 0.5) is 102 Å². The van der Waals surface area contributed by atoms with Gasteiger partial charge in [-0.1, -0.05) is 185 Å². The van der Waals surface area contributed by atoms with Crippen molar-refractivity contribution >= 4 is 159 Å². The number of para-hydroxylation sites is 4. The molecule has 6 heterocycles. The molecule has 14 aromatic carbocycles. The number of nitrogens with zero attached hydrogens (tertiary/aromatic N) is 6. The summed E-state index contributed by atoms with van der Waals surface area (Å²) in [5.41, 5.74) is 25.3. The molecular formula is C88H60N6O2P2. The molecule has 0 fully saturated rings. The van der Waals surface area contributed by atoms with Crippen LogP contribution in [0.25, 0.3) is 33.0 Å². The van der Waals surface area contributed by atoms with Gasteiger partial charge in [0.15, 0.2) is 14.3 Å². The maximum atomic E-state index is 19.0. The Morgan fingerprint density at radius 3 is 0.816 bits per heavy atom. The Hall–Kier alpha value is -11.4. The average Bonchev–Trinajstić information content (AvgIpc) is 1.11. The summed E-state index contributed by atoms with van der Waals surface area (Å²) in [7, 11) is -7.94. The van der Waals surface area contributed by atoms with E-state index in [0.717, 1.165) is 145 Å². The molecule has 0 amide bonds. The first kappa shape index (κ1) is 54.8. The minimum atomic E-state index is -3.97. The van der Waals surface area contributed by atoms with Crippen LogP contribution in [-0.4, -0.2) is 0 Å². The Balaban J connectivity index is 0.940. The molecule has 98 heavy (non-hydrogen) atoms. The van der Waals surface area contributed by atoms with Gasteiger partial charge in [-0.3, -0.25) is 0 Å². The topological polar surface area (TPSA) is 53.6 Å². The summed E-state index contributed by atoms with van der Waals surface area (Å²) >= 11 is 0. The number of benzene rings is 14. The van der Waals surface area contributed by atoms with Gasteiger partial charge in [0, 0.05) is 55.7 Å². The fourth-order valence-electron chi connectivity index (χ4n) is 18.7. The maximum Gasteiger partial charge on any atom is 0.183 e. The van der Waals surface area contributed by atoms with Crippen LogP contribution in [0.1, 0.15) is 49.9 Å². The molecule has 0 saturated carbocycles. The van der Waals surface area contributed by atoms with Crippen molar-refractivity contribution < 1.29 is 9.13 Å². The second kappa shape index (κ2) is 18.8. The highest BCUT2D eigenvalue weighted by molar-refractivity contribution is 7.88. The molecule has 0 spiro atoms. The summed E-state index contributed by atoms with van der Waals surface area (Å²) in [6.45, 7) is 9.39. The van der Waals surface area contributed by atoms with Gasteiger partial charge in [0.05, 0.1) is 100 Å². The molecule has 0 N–H and O–H groups in total. The highest BCUT2D eigenvalue weighted by atomic mass is 31.2. The molecule has 8 aliphatic rings. The van der Waals surface area contributed by atoms with Crippen molar-refractivity contribution in [2.24, 2.45) is 0 Å². The Morgan fingerprint density at radius 2 is 0.490 bits per heavy atom. The van der Waals surface area contributed by atoms with Gasteiger partial charge in [0.1, 0.15) is 0 Å². The SMILES string of the molecule is CC1(C)c2ccccc2-c2ccc(N3c4cccc5c4P4(=O)c6c(cccc6N(c6ccccc6)c6c4c3cc3c4c7c(cc63)N(c3ccc6c(c3)C(C)(C)c3ccccc3-6)c3cccc6c3P7(=O)c3c(cccc3N4c3ccccc3)N6c3ccccc3)N5c3ccccc3)cc21. The summed E-state index contributed by atoms with van der Waals surface area (Å²) in [6, 6.07) is 105. The molecule has 0 radical (unpaired) electrons.